The summed E-state index contributed by atoms with van der Waals surface area (Å²) in [6.07, 6.45) is 1.71. The molecule has 1 unspecified atom stereocenters. The Bertz CT molecular complexity index is 231. The van der Waals surface area contributed by atoms with Crippen molar-refractivity contribution in [3.05, 3.63) is 31.3 Å². The number of aliphatic carboxylic acids is 1. The molecule has 4 nitrogen and oxygen atoms in total. The summed E-state index contributed by atoms with van der Waals surface area (Å²) in [6.45, 7) is 7.03. The predicted molar refractivity (Wildman–Crippen MR) is 74.4 cm³/mol. The quantitative estimate of drug-likeness (QED) is 0.564. The van der Waals surface area contributed by atoms with Crippen molar-refractivity contribution in [2.45, 2.75) is 27.7 Å². The molecule has 1 aromatic rings. The topological polar surface area (TPSA) is 76.2 Å². The van der Waals surface area contributed by atoms with Gasteiger partial charge in [-0.1, -0.05) is 20.0 Å². The molecular formula is C11H23N2O2PY-2. The van der Waals surface area contributed by atoms with Crippen LogP contribution in [0, 0.1) is 20.4 Å². The van der Waals surface area contributed by atoms with E-state index in [9.17, 15) is 0 Å². The molecule has 17 heavy (non-hydrogen) atoms. The van der Waals surface area contributed by atoms with Crippen LogP contribution in [-0.4, -0.2) is 16.1 Å². The van der Waals surface area contributed by atoms with Gasteiger partial charge in [0.15, 0.2) is 0 Å². The molecule has 0 aromatic carbocycles. The minimum Gasteiger partial charge on any atom is -0.481 e. The Morgan fingerprint density at radius 1 is 1.47 bits per heavy atom. The van der Waals surface area contributed by atoms with Crippen molar-refractivity contribution in [3.8, 4) is 0 Å². The van der Waals surface area contributed by atoms with Crippen LogP contribution in [0.15, 0.2) is 12.3 Å². The Kier molecular flexibility index (Phi) is 37.8. The Hall–Kier alpha value is -0.0461. The minimum atomic E-state index is -0.833. The molecule has 0 aliphatic heterocycles. The van der Waals surface area contributed by atoms with Gasteiger partial charge in [-0.3, -0.25) is 9.78 Å². The van der Waals surface area contributed by atoms with Gasteiger partial charge >= 0.3 is 0 Å². The van der Waals surface area contributed by atoms with Crippen LogP contribution in [-0.2, 0) is 37.5 Å². The second-order valence-corrected chi connectivity index (χ2v) is 2.20. The molecule has 0 aliphatic rings. The first-order valence-corrected chi connectivity index (χ1v) is 4.31. The molecule has 0 spiro atoms. The van der Waals surface area contributed by atoms with E-state index in [1.54, 1.807) is 6.20 Å². The Morgan fingerprint density at radius 3 is 2.00 bits per heavy atom. The van der Waals surface area contributed by atoms with Crippen LogP contribution in [0.3, 0.4) is 0 Å². The molecule has 0 saturated carbocycles. The summed E-state index contributed by atoms with van der Waals surface area (Å²) in [4.78, 5) is 12.8. The van der Waals surface area contributed by atoms with Crippen LogP contribution in [0.4, 0.5) is 5.82 Å². The van der Waals surface area contributed by atoms with E-state index < -0.39 is 5.97 Å². The molecule has 3 N–H and O–H groups in total. The number of aromatic nitrogens is 1. The van der Waals surface area contributed by atoms with Gasteiger partial charge in [-0.05, 0) is 0 Å². The summed E-state index contributed by atoms with van der Waals surface area (Å²) in [6, 6.07) is 4.57. The Labute approximate surface area is 133 Å². The van der Waals surface area contributed by atoms with Gasteiger partial charge in [0, 0.05) is 45.5 Å². The minimum absolute atomic E-state index is 0. The molecule has 0 saturated heterocycles. The van der Waals surface area contributed by atoms with Gasteiger partial charge in [-0.25, -0.2) is 12.1 Å². The van der Waals surface area contributed by atoms with Crippen molar-refractivity contribution in [1.82, 2.24) is 4.98 Å². The monoisotopic (exact) mass is 335 g/mol. The first kappa shape index (κ1) is 30.2. The molecule has 6 heteroatoms. The molecular weight excluding hydrogens is 312 g/mol. The van der Waals surface area contributed by atoms with Crippen LogP contribution < -0.4 is 5.73 Å². The summed E-state index contributed by atoms with van der Waals surface area (Å²) < 4.78 is 0. The summed E-state index contributed by atoms with van der Waals surface area (Å²) in [5.74, 6) is -0.379. The molecule has 1 radical (unpaired) electrons. The van der Waals surface area contributed by atoms with Gasteiger partial charge in [0.25, 0.3) is 5.97 Å². The third kappa shape index (κ3) is 31.4. The van der Waals surface area contributed by atoms with Crippen molar-refractivity contribution in [3.63, 3.8) is 0 Å². The number of nitrogen functional groups attached to an aromatic ring is 1. The van der Waals surface area contributed by atoms with Crippen LogP contribution in [0.1, 0.15) is 26.3 Å². The summed E-state index contributed by atoms with van der Waals surface area (Å²) in [5, 5.41) is 7.42. The van der Waals surface area contributed by atoms with E-state index in [0.717, 1.165) is 12.5 Å². The van der Waals surface area contributed by atoms with E-state index in [4.69, 9.17) is 15.6 Å². The maximum atomic E-state index is 9.00. The number of carboxylic acid groups (broad SMARTS) is 1. The van der Waals surface area contributed by atoms with Gasteiger partial charge in [0.1, 0.15) is 0 Å². The molecule has 0 amide bonds. The smallest absolute Gasteiger partial charge is 0.300 e. The molecule has 0 bridgehead atoms. The SMILES string of the molecule is CC.CC(=O)O.Cc1c[c-]c(N)nc1.P.[CH3-].[Y]. The number of rotatable bonds is 0. The number of hydrogen-bond donors (Lipinski definition) is 2. The number of aryl methyl sites for hydroxylation is 1. The predicted octanol–water partition coefficient (Wildman–Crippen LogP) is 2.40. The molecule has 1 heterocycles. The van der Waals surface area contributed by atoms with E-state index in [1.807, 2.05) is 26.8 Å². The summed E-state index contributed by atoms with van der Waals surface area (Å²) in [7, 11) is 0. The van der Waals surface area contributed by atoms with Crippen LogP contribution in [0.5, 0.6) is 0 Å². The number of carboxylic acids is 1. The molecule has 1 atom stereocenters. The summed E-state index contributed by atoms with van der Waals surface area (Å²) in [5.41, 5.74) is 6.34. The Morgan fingerprint density at radius 2 is 1.82 bits per heavy atom. The van der Waals surface area contributed by atoms with Crippen molar-refractivity contribution in [1.29, 1.82) is 0 Å². The van der Waals surface area contributed by atoms with Crippen LogP contribution in [0.25, 0.3) is 0 Å². The zero-order chi connectivity index (χ0) is 11.6. The van der Waals surface area contributed by atoms with Crippen molar-refractivity contribution < 1.29 is 42.6 Å². The molecule has 0 aliphatic carbocycles. The molecule has 1 rings (SSSR count). The fraction of sp³-hybridized carbons (Fsp3) is 0.364. The van der Waals surface area contributed by atoms with Gasteiger partial charge < -0.3 is 18.3 Å². The van der Waals surface area contributed by atoms with Crippen LogP contribution >= 0.6 is 9.90 Å². The number of anilines is 1. The van der Waals surface area contributed by atoms with Gasteiger partial charge in [0.05, 0.1) is 0 Å². The average molecular weight is 335 g/mol. The van der Waals surface area contributed by atoms with Crippen molar-refractivity contribution >= 4 is 21.7 Å². The van der Waals surface area contributed by atoms with Crippen molar-refractivity contribution in [2.75, 3.05) is 5.73 Å². The van der Waals surface area contributed by atoms with Gasteiger partial charge in [0.2, 0.25) is 0 Å². The van der Waals surface area contributed by atoms with E-state index in [0.29, 0.717) is 5.82 Å². The number of carbonyl (C=O) groups is 1. The fourth-order valence-electron chi connectivity index (χ4n) is 0.434. The molecule has 1 aromatic heterocycles. The number of pyridine rings is 1. The second kappa shape index (κ2) is 21.3. The maximum Gasteiger partial charge on any atom is 0.300 e. The van der Waals surface area contributed by atoms with Gasteiger partial charge in [-0.2, -0.15) is 15.5 Å². The first-order valence-electron chi connectivity index (χ1n) is 4.31. The zero-order valence-corrected chi connectivity index (χ0v) is 15.6. The average Bonchev–Trinajstić information content (AvgIpc) is 2.13. The second-order valence-electron chi connectivity index (χ2n) is 2.20. The largest absolute Gasteiger partial charge is 0.481 e. The third-order valence-corrected chi connectivity index (χ3v) is 0.855. The van der Waals surface area contributed by atoms with E-state index in [-0.39, 0.29) is 50.0 Å². The zero-order valence-electron chi connectivity index (χ0n) is 11.3. The standard InChI is InChI=1S/C6H7N2.C2H4O2.C2H6.CH3.H3P.Y/c1-5-2-3-6(7)8-4-5;1-2(3)4;1-2;;;/h2,4H,1H3,(H2,7,8);1H3,(H,3,4);1-2H3;2*1H3;/q-1;;;-1;;. The number of hydrogen-bond acceptors (Lipinski definition) is 3. The summed E-state index contributed by atoms with van der Waals surface area (Å²) >= 11 is 0. The van der Waals surface area contributed by atoms with Crippen LogP contribution in [0.2, 0.25) is 0 Å². The third-order valence-electron chi connectivity index (χ3n) is 0.855. The van der Waals surface area contributed by atoms with Gasteiger partial charge in [-0.15, -0.1) is 6.92 Å². The normalized spacial score (nSPS) is 6.12. The maximum absolute atomic E-state index is 9.00. The number of nitrogens with two attached hydrogens (primary N) is 1. The van der Waals surface area contributed by atoms with E-state index in [1.165, 1.54) is 0 Å². The fourth-order valence-corrected chi connectivity index (χ4v) is 0.434. The molecule has 0 fully saturated rings. The Balaban J connectivity index is -0.0000000475. The number of nitrogens with zero attached hydrogens (tertiary/aromatic N) is 1. The first-order chi connectivity index (χ1) is 6.52. The van der Waals surface area contributed by atoms with E-state index in [2.05, 4.69) is 11.1 Å². The van der Waals surface area contributed by atoms with E-state index >= 15 is 0 Å². The van der Waals surface area contributed by atoms with Crippen molar-refractivity contribution in [2.24, 2.45) is 0 Å². The molecule has 99 valence electrons.